The van der Waals surface area contributed by atoms with Crippen LogP contribution in [0.25, 0.3) is 22.2 Å². The third-order valence-corrected chi connectivity index (χ3v) is 7.02. The average Bonchev–Trinajstić information content (AvgIpc) is 3.09. The quantitative estimate of drug-likeness (QED) is 0.460. The molecule has 2 aromatic carbocycles. The molecule has 0 aliphatic heterocycles. The van der Waals surface area contributed by atoms with E-state index in [-0.39, 0.29) is 4.90 Å². The van der Waals surface area contributed by atoms with E-state index in [1.807, 2.05) is 48.0 Å². The molecule has 4 aromatic rings. The second kappa shape index (κ2) is 8.13. The lowest BCUT2D eigenvalue weighted by Crippen LogP contribution is -2.22. The molecule has 0 radical (unpaired) electrons. The van der Waals surface area contributed by atoms with Crippen LogP contribution in [0, 0.1) is 6.92 Å². The Morgan fingerprint density at radius 3 is 2.45 bits per heavy atom. The summed E-state index contributed by atoms with van der Waals surface area (Å²) in [6.45, 7) is 2.54. The van der Waals surface area contributed by atoms with Gasteiger partial charge in [0.05, 0.1) is 24.2 Å². The smallest absolute Gasteiger partial charge is 0.242 e. The van der Waals surface area contributed by atoms with Crippen molar-refractivity contribution in [2.24, 2.45) is 0 Å². The van der Waals surface area contributed by atoms with Crippen LogP contribution in [0.15, 0.2) is 65.7 Å². The minimum absolute atomic E-state index is 0.252. The van der Waals surface area contributed by atoms with Crippen LogP contribution >= 0.6 is 0 Å². The normalized spacial score (nSPS) is 11.9. The maximum Gasteiger partial charge on any atom is 0.242 e. The standard InChI is InChI=1S/C23H24N4O3S/c1-16-22-13-19(18-6-5-7-21(12-18)31(28,29)26(2)3)14-24-23(22)27(25-16)15-17-8-10-20(30-4)11-9-17/h5-14H,15H2,1-4H3. The van der Waals surface area contributed by atoms with E-state index in [0.29, 0.717) is 6.54 Å². The first-order chi connectivity index (χ1) is 14.8. The Morgan fingerprint density at radius 1 is 1.03 bits per heavy atom. The molecule has 160 valence electrons. The zero-order valence-corrected chi connectivity index (χ0v) is 18.7. The van der Waals surface area contributed by atoms with Gasteiger partial charge in [0.2, 0.25) is 10.0 Å². The molecule has 0 saturated carbocycles. The highest BCUT2D eigenvalue weighted by atomic mass is 32.2. The second-order valence-corrected chi connectivity index (χ2v) is 9.65. The number of fused-ring (bicyclic) bond motifs is 1. The fourth-order valence-electron chi connectivity index (χ4n) is 3.43. The third kappa shape index (κ3) is 4.04. The van der Waals surface area contributed by atoms with Crippen molar-refractivity contribution in [2.45, 2.75) is 18.4 Å². The van der Waals surface area contributed by atoms with E-state index in [4.69, 9.17) is 4.74 Å². The summed E-state index contributed by atoms with van der Waals surface area (Å²) in [5.74, 6) is 0.812. The van der Waals surface area contributed by atoms with Crippen LogP contribution in [0.5, 0.6) is 5.75 Å². The van der Waals surface area contributed by atoms with Crippen LogP contribution in [-0.2, 0) is 16.6 Å². The number of hydrogen-bond donors (Lipinski definition) is 0. The van der Waals surface area contributed by atoms with Crippen molar-refractivity contribution >= 4 is 21.1 Å². The number of benzene rings is 2. The summed E-state index contributed by atoms with van der Waals surface area (Å²) >= 11 is 0. The van der Waals surface area contributed by atoms with Crippen LogP contribution in [0.1, 0.15) is 11.3 Å². The molecule has 0 fully saturated rings. The molecule has 0 amide bonds. The molecule has 0 aliphatic rings. The minimum atomic E-state index is -3.51. The molecule has 31 heavy (non-hydrogen) atoms. The lowest BCUT2D eigenvalue weighted by molar-refractivity contribution is 0.414. The van der Waals surface area contributed by atoms with Gasteiger partial charge in [0.1, 0.15) is 5.75 Å². The van der Waals surface area contributed by atoms with Crippen molar-refractivity contribution in [3.05, 3.63) is 72.1 Å². The van der Waals surface area contributed by atoms with Gasteiger partial charge in [-0.25, -0.2) is 22.4 Å². The van der Waals surface area contributed by atoms with E-state index in [2.05, 4.69) is 10.1 Å². The van der Waals surface area contributed by atoms with Crippen LogP contribution in [0.2, 0.25) is 0 Å². The fraction of sp³-hybridized carbons (Fsp3) is 0.217. The van der Waals surface area contributed by atoms with Crippen LogP contribution in [-0.4, -0.2) is 48.7 Å². The molecular weight excluding hydrogens is 412 g/mol. The fourth-order valence-corrected chi connectivity index (χ4v) is 4.38. The summed E-state index contributed by atoms with van der Waals surface area (Å²) in [6, 6.07) is 16.8. The summed E-state index contributed by atoms with van der Waals surface area (Å²) < 4.78 is 33.3. The Kier molecular flexibility index (Phi) is 5.51. The largest absolute Gasteiger partial charge is 0.497 e. The minimum Gasteiger partial charge on any atom is -0.497 e. The van der Waals surface area contributed by atoms with Crippen LogP contribution < -0.4 is 4.74 Å². The molecule has 0 atom stereocenters. The van der Waals surface area contributed by atoms with E-state index < -0.39 is 10.0 Å². The van der Waals surface area contributed by atoms with Crippen molar-refractivity contribution in [2.75, 3.05) is 21.2 Å². The maximum atomic E-state index is 12.5. The Hall–Kier alpha value is -3.23. The van der Waals surface area contributed by atoms with Gasteiger partial charge < -0.3 is 4.74 Å². The summed E-state index contributed by atoms with van der Waals surface area (Å²) in [5.41, 5.74) is 4.39. The van der Waals surface area contributed by atoms with Gasteiger partial charge in [0, 0.05) is 31.2 Å². The topological polar surface area (TPSA) is 77.3 Å². The van der Waals surface area contributed by atoms with Crippen LogP contribution in [0.3, 0.4) is 0 Å². The molecule has 0 aliphatic carbocycles. The molecule has 4 rings (SSSR count). The van der Waals surface area contributed by atoms with Crippen molar-refractivity contribution in [1.82, 2.24) is 19.1 Å². The Morgan fingerprint density at radius 2 is 1.77 bits per heavy atom. The molecule has 8 heteroatoms. The molecule has 0 bridgehead atoms. The highest BCUT2D eigenvalue weighted by molar-refractivity contribution is 7.89. The zero-order valence-electron chi connectivity index (χ0n) is 17.9. The third-order valence-electron chi connectivity index (χ3n) is 5.21. The van der Waals surface area contributed by atoms with E-state index in [1.54, 1.807) is 31.5 Å². The molecular formula is C23H24N4O3S. The molecule has 7 nitrogen and oxygen atoms in total. The number of methoxy groups -OCH3 is 1. The highest BCUT2D eigenvalue weighted by Gasteiger charge is 2.18. The second-order valence-electron chi connectivity index (χ2n) is 7.50. The zero-order chi connectivity index (χ0) is 22.2. The summed E-state index contributed by atoms with van der Waals surface area (Å²) in [7, 11) is 1.19. The van der Waals surface area contributed by atoms with Gasteiger partial charge in [0.15, 0.2) is 5.65 Å². The van der Waals surface area contributed by atoms with Gasteiger partial charge in [-0.1, -0.05) is 24.3 Å². The summed E-state index contributed by atoms with van der Waals surface area (Å²) in [6.07, 6.45) is 1.76. The molecule has 2 heterocycles. The number of hydrogen-bond acceptors (Lipinski definition) is 5. The number of aryl methyl sites for hydroxylation is 1. The number of aromatic nitrogens is 3. The predicted molar refractivity (Wildman–Crippen MR) is 121 cm³/mol. The first kappa shape index (κ1) is 21.0. The van der Waals surface area contributed by atoms with Gasteiger partial charge in [-0.05, 0) is 48.4 Å². The van der Waals surface area contributed by atoms with E-state index >= 15 is 0 Å². The van der Waals surface area contributed by atoms with Gasteiger partial charge in [0.25, 0.3) is 0 Å². The summed E-state index contributed by atoms with van der Waals surface area (Å²) in [5, 5.41) is 5.60. The average molecular weight is 437 g/mol. The molecule has 0 N–H and O–H groups in total. The number of pyridine rings is 1. The van der Waals surface area contributed by atoms with Crippen molar-refractivity contribution in [3.8, 4) is 16.9 Å². The molecule has 0 saturated heterocycles. The van der Waals surface area contributed by atoms with E-state index in [1.165, 1.54) is 18.4 Å². The number of ether oxygens (including phenoxy) is 1. The van der Waals surface area contributed by atoms with Gasteiger partial charge in [-0.15, -0.1) is 0 Å². The first-order valence-electron chi connectivity index (χ1n) is 9.78. The first-order valence-corrected chi connectivity index (χ1v) is 11.2. The van der Waals surface area contributed by atoms with Crippen molar-refractivity contribution in [1.29, 1.82) is 0 Å². The number of rotatable bonds is 6. The Balaban J connectivity index is 1.70. The monoisotopic (exact) mass is 436 g/mol. The molecule has 2 aromatic heterocycles. The van der Waals surface area contributed by atoms with Crippen molar-refractivity contribution < 1.29 is 13.2 Å². The highest BCUT2D eigenvalue weighted by Crippen LogP contribution is 2.27. The Labute approximate surface area is 182 Å². The van der Waals surface area contributed by atoms with E-state index in [9.17, 15) is 8.42 Å². The van der Waals surface area contributed by atoms with Gasteiger partial charge in [-0.2, -0.15) is 5.10 Å². The molecule has 0 unspecified atom stereocenters. The van der Waals surface area contributed by atoms with Gasteiger partial charge >= 0.3 is 0 Å². The summed E-state index contributed by atoms with van der Waals surface area (Å²) in [4.78, 5) is 4.90. The van der Waals surface area contributed by atoms with Crippen LogP contribution in [0.4, 0.5) is 0 Å². The number of sulfonamides is 1. The predicted octanol–water partition coefficient (Wildman–Crippen LogP) is 3.71. The van der Waals surface area contributed by atoms with E-state index in [0.717, 1.165) is 39.2 Å². The van der Waals surface area contributed by atoms with Crippen molar-refractivity contribution in [3.63, 3.8) is 0 Å². The lowest BCUT2D eigenvalue weighted by atomic mass is 10.1. The number of nitrogens with zero attached hydrogens (tertiary/aromatic N) is 4. The van der Waals surface area contributed by atoms with Gasteiger partial charge in [-0.3, -0.25) is 0 Å². The SMILES string of the molecule is COc1ccc(Cn2nc(C)c3cc(-c4cccc(S(=O)(=O)N(C)C)c4)cnc32)cc1. The maximum absolute atomic E-state index is 12.5. The Bertz CT molecular complexity index is 1340. The molecule has 0 spiro atoms. The lowest BCUT2D eigenvalue weighted by Gasteiger charge is -2.12.